The molecule has 1 aliphatic carbocycles. The SMILES string of the molecule is N#CCC1(CN2CC(C(=O)O)Cc3ccccc32)CC1. The molecule has 2 aliphatic rings. The van der Waals surface area contributed by atoms with Crippen molar-refractivity contribution in [3.05, 3.63) is 29.8 Å². The minimum atomic E-state index is -0.727. The lowest BCUT2D eigenvalue weighted by Crippen LogP contribution is -2.41. The summed E-state index contributed by atoms with van der Waals surface area (Å²) in [6.07, 6.45) is 3.34. The van der Waals surface area contributed by atoms with E-state index in [9.17, 15) is 9.90 Å². The van der Waals surface area contributed by atoms with E-state index in [1.165, 1.54) is 0 Å². The van der Waals surface area contributed by atoms with Crippen molar-refractivity contribution < 1.29 is 9.90 Å². The number of para-hydroxylation sites is 1. The second kappa shape index (κ2) is 4.82. The molecule has 104 valence electrons. The Bertz CT molecular complexity index is 572. The predicted molar refractivity (Wildman–Crippen MR) is 75.4 cm³/mol. The van der Waals surface area contributed by atoms with Crippen molar-refractivity contribution in [2.24, 2.45) is 11.3 Å². The van der Waals surface area contributed by atoms with Crippen LogP contribution in [0.25, 0.3) is 0 Å². The highest BCUT2D eigenvalue weighted by Gasteiger charge is 2.45. The number of benzene rings is 1. The predicted octanol–water partition coefficient (Wildman–Crippen LogP) is 2.44. The molecule has 1 fully saturated rings. The van der Waals surface area contributed by atoms with Gasteiger partial charge in [0.1, 0.15) is 0 Å². The second-order valence-electron chi connectivity index (χ2n) is 6.08. The lowest BCUT2D eigenvalue weighted by Gasteiger charge is -2.36. The number of anilines is 1. The summed E-state index contributed by atoms with van der Waals surface area (Å²) in [6, 6.07) is 10.3. The fourth-order valence-electron chi connectivity index (χ4n) is 3.14. The van der Waals surface area contributed by atoms with E-state index in [-0.39, 0.29) is 11.3 Å². The summed E-state index contributed by atoms with van der Waals surface area (Å²) in [6.45, 7) is 1.36. The van der Waals surface area contributed by atoms with E-state index in [4.69, 9.17) is 5.26 Å². The molecule has 0 radical (unpaired) electrons. The Hall–Kier alpha value is -2.02. The Morgan fingerprint density at radius 2 is 2.20 bits per heavy atom. The zero-order valence-electron chi connectivity index (χ0n) is 11.4. The molecule has 1 heterocycles. The van der Waals surface area contributed by atoms with Gasteiger partial charge in [0.05, 0.1) is 12.0 Å². The number of carboxylic acid groups (broad SMARTS) is 1. The third-order valence-corrected chi connectivity index (χ3v) is 4.53. The highest BCUT2D eigenvalue weighted by atomic mass is 16.4. The standard InChI is InChI=1S/C16H18N2O2/c17-8-7-16(5-6-16)11-18-10-13(15(19)20)9-12-3-1-2-4-14(12)18/h1-4,13H,5-7,9-11H2,(H,19,20). The summed E-state index contributed by atoms with van der Waals surface area (Å²) >= 11 is 0. The Balaban J connectivity index is 1.86. The topological polar surface area (TPSA) is 64.3 Å². The number of hydrogen-bond donors (Lipinski definition) is 1. The first-order valence-electron chi connectivity index (χ1n) is 7.06. The van der Waals surface area contributed by atoms with Crippen LogP contribution in [-0.4, -0.2) is 24.2 Å². The van der Waals surface area contributed by atoms with Gasteiger partial charge >= 0.3 is 5.97 Å². The highest BCUT2D eigenvalue weighted by molar-refractivity contribution is 5.74. The molecule has 0 bridgehead atoms. The van der Waals surface area contributed by atoms with Crippen LogP contribution in [0.1, 0.15) is 24.8 Å². The van der Waals surface area contributed by atoms with Gasteiger partial charge in [0.2, 0.25) is 0 Å². The molecule has 0 amide bonds. The van der Waals surface area contributed by atoms with Gasteiger partial charge in [0, 0.05) is 30.6 Å². The van der Waals surface area contributed by atoms with Gasteiger partial charge in [-0.2, -0.15) is 5.26 Å². The van der Waals surface area contributed by atoms with Crippen molar-refractivity contribution in [3.63, 3.8) is 0 Å². The van der Waals surface area contributed by atoms with E-state index in [0.717, 1.165) is 30.6 Å². The first kappa shape index (κ1) is 13.0. The van der Waals surface area contributed by atoms with E-state index in [1.54, 1.807) is 0 Å². The van der Waals surface area contributed by atoms with Crippen molar-refractivity contribution in [1.82, 2.24) is 0 Å². The first-order chi connectivity index (χ1) is 9.63. The molecule has 20 heavy (non-hydrogen) atoms. The molecule has 1 aliphatic heterocycles. The highest BCUT2D eigenvalue weighted by Crippen LogP contribution is 2.50. The molecule has 4 nitrogen and oxygen atoms in total. The van der Waals surface area contributed by atoms with Gasteiger partial charge in [-0.25, -0.2) is 0 Å². The Morgan fingerprint density at radius 3 is 2.85 bits per heavy atom. The van der Waals surface area contributed by atoms with Gasteiger partial charge < -0.3 is 10.0 Å². The monoisotopic (exact) mass is 270 g/mol. The normalized spacial score (nSPS) is 22.8. The summed E-state index contributed by atoms with van der Waals surface area (Å²) in [4.78, 5) is 13.5. The summed E-state index contributed by atoms with van der Waals surface area (Å²) in [5.74, 6) is -1.07. The van der Waals surface area contributed by atoms with Gasteiger partial charge in [-0.05, 0) is 30.9 Å². The quantitative estimate of drug-likeness (QED) is 0.912. The van der Waals surface area contributed by atoms with Crippen LogP contribution in [0.4, 0.5) is 5.69 Å². The minimum Gasteiger partial charge on any atom is -0.481 e. The minimum absolute atomic E-state index is 0.0995. The number of fused-ring (bicyclic) bond motifs is 1. The molecule has 1 unspecified atom stereocenters. The number of aliphatic carboxylic acids is 1. The van der Waals surface area contributed by atoms with Crippen LogP contribution in [0.2, 0.25) is 0 Å². The molecule has 3 rings (SSSR count). The van der Waals surface area contributed by atoms with Crippen LogP contribution in [0.15, 0.2) is 24.3 Å². The number of nitrogens with zero attached hydrogens (tertiary/aromatic N) is 2. The molecule has 0 aromatic heterocycles. The summed E-state index contributed by atoms with van der Waals surface area (Å²) in [5, 5.41) is 18.3. The van der Waals surface area contributed by atoms with E-state index in [2.05, 4.69) is 17.0 Å². The van der Waals surface area contributed by atoms with Crippen molar-refractivity contribution >= 4 is 11.7 Å². The van der Waals surface area contributed by atoms with Crippen molar-refractivity contribution in [2.75, 3.05) is 18.0 Å². The van der Waals surface area contributed by atoms with E-state index >= 15 is 0 Å². The maximum absolute atomic E-state index is 11.3. The molecule has 1 aromatic rings. The molecule has 4 heteroatoms. The number of hydrogen-bond acceptors (Lipinski definition) is 3. The molecule has 1 aromatic carbocycles. The Kier molecular flexibility index (Phi) is 3.13. The van der Waals surface area contributed by atoms with Crippen LogP contribution in [0, 0.1) is 22.7 Å². The average Bonchev–Trinajstić information content (AvgIpc) is 3.18. The molecule has 0 saturated heterocycles. The first-order valence-corrected chi connectivity index (χ1v) is 7.06. The van der Waals surface area contributed by atoms with E-state index in [1.807, 2.05) is 18.2 Å². The van der Waals surface area contributed by atoms with Gasteiger partial charge in [0.25, 0.3) is 0 Å². The van der Waals surface area contributed by atoms with Crippen LogP contribution in [-0.2, 0) is 11.2 Å². The molecule has 1 N–H and O–H groups in total. The maximum Gasteiger partial charge on any atom is 0.308 e. The maximum atomic E-state index is 11.3. The van der Waals surface area contributed by atoms with Gasteiger partial charge in [-0.15, -0.1) is 0 Å². The smallest absolute Gasteiger partial charge is 0.308 e. The Labute approximate surface area is 118 Å². The lowest BCUT2D eigenvalue weighted by atomic mass is 9.91. The molecule has 0 spiro atoms. The van der Waals surface area contributed by atoms with Crippen molar-refractivity contribution in [2.45, 2.75) is 25.7 Å². The van der Waals surface area contributed by atoms with Crippen molar-refractivity contribution in [1.29, 1.82) is 5.26 Å². The summed E-state index contributed by atoms with van der Waals surface area (Å²) < 4.78 is 0. The van der Waals surface area contributed by atoms with Crippen LogP contribution < -0.4 is 4.90 Å². The fraction of sp³-hybridized carbons (Fsp3) is 0.500. The number of carbonyl (C=O) groups is 1. The zero-order valence-corrected chi connectivity index (χ0v) is 11.4. The molecular weight excluding hydrogens is 252 g/mol. The average molecular weight is 270 g/mol. The van der Waals surface area contributed by atoms with E-state index in [0.29, 0.717) is 19.4 Å². The lowest BCUT2D eigenvalue weighted by molar-refractivity contribution is -0.141. The largest absolute Gasteiger partial charge is 0.481 e. The third kappa shape index (κ3) is 2.36. The van der Waals surface area contributed by atoms with Gasteiger partial charge in [-0.3, -0.25) is 4.79 Å². The molecular formula is C16H18N2O2. The zero-order chi connectivity index (χ0) is 14.2. The molecule has 1 saturated carbocycles. The molecule has 1 atom stereocenters. The van der Waals surface area contributed by atoms with Crippen LogP contribution in [0.3, 0.4) is 0 Å². The third-order valence-electron chi connectivity index (χ3n) is 4.53. The van der Waals surface area contributed by atoms with Crippen LogP contribution >= 0.6 is 0 Å². The summed E-state index contributed by atoms with van der Waals surface area (Å²) in [5.41, 5.74) is 2.36. The van der Waals surface area contributed by atoms with Crippen molar-refractivity contribution in [3.8, 4) is 6.07 Å². The Morgan fingerprint density at radius 1 is 1.45 bits per heavy atom. The van der Waals surface area contributed by atoms with Gasteiger partial charge in [-0.1, -0.05) is 18.2 Å². The van der Waals surface area contributed by atoms with Gasteiger partial charge in [0.15, 0.2) is 0 Å². The van der Waals surface area contributed by atoms with E-state index < -0.39 is 5.97 Å². The number of rotatable bonds is 4. The second-order valence-corrected chi connectivity index (χ2v) is 6.08. The summed E-state index contributed by atoms with van der Waals surface area (Å²) in [7, 11) is 0. The number of nitriles is 1. The van der Waals surface area contributed by atoms with Crippen LogP contribution in [0.5, 0.6) is 0 Å². The fourth-order valence-corrected chi connectivity index (χ4v) is 3.14. The number of carboxylic acids is 1.